The van der Waals surface area contributed by atoms with E-state index in [4.69, 9.17) is 21.1 Å². The van der Waals surface area contributed by atoms with Crippen molar-refractivity contribution in [3.8, 4) is 11.5 Å². The van der Waals surface area contributed by atoms with Crippen LogP contribution in [0, 0.1) is 0 Å². The third-order valence-electron chi connectivity index (χ3n) is 2.77. The van der Waals surface area contributed by atoms with Gasteiger partial charge in [0.2, 0.25) is 0 Å². The van der Waals surface area contributed by atoms with Gasteiger partial charge in [-0.15, -0.1) is 0 Å². The van der Waals surface area contributed by atoms with Crippen LogP contribution in [0.4, 0.5) is 0 Å². The Labute approximate surface area is 142 Å². The summed E-state index contributed by atoms with van der Waals surface area (Å²) in [5.74, 6) is 1.27. The second kappa shape index (κ2) is 8.47. The van der Waals surface area contributed by atoms with Gasteiger partial charge in [0.05, 0.1) is 24.8 Å². The first-order valence-corrected chi connectivity index (χ1v) is 7.31. The number of halogens is 1. The Hall–Kier alpha value is -0.973. The monoisotopic (exact) mass is 316 g/mol. The summed E-state index contributed by atoms with van der Waals surface area (Å²) in [6.45, 7) is 0. The summed E-state index contributed by atoms with van der Waals surface area (Å²) in [4.78, 5) is 12.4. The van der Waals surface area contributed by atoms with Crippen molar-refractivity contribution in [1.29, 1.82) is 0 Å². The van der Waals surface area contributed by atoms with E-state index in [9.17, 15) is 4.79 Å². The molecule has 0 saturated heterocycles. The summed E-state index contributed by atoms with van der Waals surface area (Å²) in [6, 6.07) is 12.6. The molecule has 0 radical (unpaired) electrons. The molecule has 0 amide bonds. The van der Waals surface area contributed by atoms with Crippen LogP contribution in [0.1, 0.15) is 10.4 Å². The Morgan fingerprint density at radius 1 is 1.05 bits per heavy atom. The van der Waals surface area contributed by atoms with Crippen LogP contribution in [0.3, 0.4) is 0 Å². The normalized spacial score (nSPS) is 10.2. The third-order valence-corrected chi connectivity index (χ3v) is 4.18. The molecule has 106 valence electrons. The van der Waals surface area contributed by atoms with Crippen LogP contribution in [0.2, 0.25) is 5.02 Å². The van der Waals surface area contributed by atoms with E-state index in [2.05, 4.69) is 0 Å². The third kappa shape index (κ3) is 4.50. The first kappa shape index (κ1) is 18.1. The minimum atomic E-state index is -0.0439. The van der Waals surface area contributed by atoms with Gasteiger partial charge in [-0.25, -0.2) is 0 Å². The molecular formula is C15H15ClLiO3P. The van der Waals surface area contributed by atoms with Gasteiger partial charge >= 0.3 is 18.9 Å². The number of hydrogen-bond donors (Lipinski definition) is 0. The second-order valence-corrected chi connectivity index (χ2v) is 5.69. The van der Waals surface area contributed by atoms with Crippen LogP contribution >= 0.6 is 20.2 Å². The summed E-state index contributed by atoms with van der Waals surface area (Å²) in [7, 11) is 3.13. The first-order chi connectivity index (χ1) is 9.65. The van der Waals surface area contributed by atoms with Gasteiger partial charge in [-0.05, 0) is 38.2 Å². The predicted octanol–water partition coefficient (Wildman–Crippen LogP) is 2.85. The zero-order valence-corrected chi connectivity index (χ0v) is 12.9. The van der Waals surface area contributed by atoms with Gasteiger partial charge in [0.1, 0.15) is 11.5 Å². The molecule has 0 aliphatic carbocycles. The van der Waals surface area contributed by atoms with Gasteiger partial charge in [-0.3, -0.25) is 4.79 Å². The number of rotatable bonds is 5. The Balaban J connectivity index is 0.00000220. The fourth-order valence-corrected chi connectivity index (χ4v) is 3.07. The molecular weight excluding hydrogens is 302 g/mol. The Morgan fingerprint density at radius 3 is 2.29 bits per heavy atom. The maximum absolute atomic E-state index is 12.4. The average Bonchev–Trinajstić information content (AvgIpc) is 2.47. The summed E-state index contributed by atoms with van der Waals surface area (Å²) < 4.78 is 10.3. The van der Waals surface area contributed by atoms with Crippen LogP contribution in [-0.4, -0.2) is 38.6 Å². The van der Waals surface area contributed by atoms with E-state index >= 15 is 0 Å². The van der Waals surface area contributed by atoms with Crippen LogP contribution in [0.25, 0.3) is 0 Å². The summed E-state index contributed by atoms with van der Waals surface area (Å²) in [5, 5.41) is 1.34. The van der Waals surface area contributed by atoms with Crippen LogP contribution in [-0.2, 0) is 0 Å². The Kier molecular flexibility index (Phi) is 7.29. The molecule has 0 heterocycles. The molecule has 1 atom stereocenters. The van der Waals surface area contributed by atoms with Crippen molar-refractivity contribution in [3.05, 3.63) is 53.1 Å². The van der Waals surface area contributed by atoms with Gasteiger partial charge in [0, 0.05) is 0 Å². The fourth-order valence-electron chi connectivity index (χ4n) is 1.76. The molecule has 0 aromatic heterocycles. The van der Waals surface area contributed by atoms with E-state index in [0.29, 0.717) is 16.3 Å². The van der Waals surface area contributed by atoms with Crippen LogP contribution in [0.5, 0.6) is 11.5 Å². The number of ether oxygens (including phenoxy) is 2. The van der Waals surface area contributed by atoms with Crippen LogP contribution in [0.15, 0.2) is 42.5 Å². The molecule has 0 spiro atoms. The van der Waals surface area contributed by atoms with E-state index in [-0.39, 0.29) is 33.0 Å². The number of hydrogen-bond acceptors (Lipinski definition) is 3. The molecule has 0 bridgehead atoms. The van der Waals surface area contributed by atoms with Crippen molar-refractivity contribution >= 4 is 49.9 Å². The van der Waals surface area contributed by atoms with E-state index in [1.807, 2.05) is 24.3 Å². The molecule has 2 aromatic rings. The molecule has 1 unspecified atom stereocenters. The Bertz CT molecular complexity index is 617. The van der Waals surface area contributed by atoms with E-state index < -0.39 is 0 Å². The number of carbonyl (C=O) groups is 1. The standard InChI is InChI=1S/C15H14ClO3P.Li.H/c1-18-10-6-8-11(9-7-10)20-15(17)14-12(16)4-3-5-13(14)19-2;;/h3-9,20H,1-2H3;;. The molecule has 2 aromatic carbocycles. The van der Waals surface area contributed by atoms with Gasteiger partial charge in [-0.1, -0.05) is 29.8 Å². The number of benzene rings is 2. The average molecular weight is 317 g/mol. The molecule has 0 N–H and O–H groups in total. The molecule has 0 saturated carbocycles. The Morgan fingerprint density at radius 2 is 1.71 bits per heavy atom. The minimum absolute atomic E-state index is 0. The first-order valence-electron chi connectivity index (χ1n) is 5.93. The maximum atomic E-state index is 12.4. The molecule has 0 fully saturated rings. The van der Waals surface area contributed by atoms with E-state index in [1.165, 1.54) is 7.11 Å². The number of methoxy groups -OCH3 is 2. The molecule has 0 aliphatic heterocycles. The van der Waals surface area contributed by atoms with Gasteiger partial charge in [-0.2, -0.15) is 0 Å². The van der Waals surface area contributed by atoms with Crippen molar-refractivity contribution in [2.45, 2.75) is 0 Å². The zero-order valence-electron chi connectivity index (χ0n) is 11.1. The quantitative estimate of drug-likeness (QED) is 0.628. The molecule has 21 heavy (non-hydrogen) atoms. The topological polar surface area (TPSA) is 35.5 Å². The van der Waals surface area contributed by atoms with Crippen LogP contribution < -0.4 is 14.8 Å². The van der Waals surface area contributed by atoms with Gasteiger partial charge < -0.3 is 9.47 Å². The molecule has 0 aliphatic rings. The van der Waals surface area contributed by atoms with E-state index in [0.717, 1.165) is 11.1 Å². The number of carbonyl (C=O) groups excluding carboxylic acids is 1. The van der Waals surface area contributed by atoms with Crippen molar-refractivity contribution < 1.29 is 14.3 Å². The van der Waals surface area contributed by atoms with Crippen molar-refractivity contribution in [3.63, 3.8) is 0 Å². The zero-order chi connectivity index (χ0) is 14.5. The molecule has 3 nitrogen and oxygen atoms in total. The predicted molar refractivity (Wildman–Crippen MR) is 90.4 cm³/mol. The van der Waals surface area contributed by atoms with Crippen molar-refractivity contribution in [2.24, 2.45) is 0 Å². The molecule has 6 heteroatoms. The summed E-state index contributed by atoms with van der Waals surface area (Å²) in [5.41, 5.74) is 0.392. The summed E-state index contributed by atoms with van der Waals surface area (Å²) >= 11 is 6.10. The van der Waals surface area contributed by atoms with Gasteiger partial charge in [0.25, 0.3) is 0 Å². The van der Waals surface area contributed by atoms with Crippen molar-refractivity contribution in [2.75, 3.05) is 14.2 Å². The van der Waals surface area contributed by atoms with Gasteiger partial charge in [0.15, 0.2) is 5.52 Å². The fraction of sp³-hybridized carbons (Fsp3) is 0.133. The van der Waals surface area contributed by atoms with Crippen molar-refractivity contribution in [1.82, 2.24) is 0 Å². The summed E-state index contributed by atoms with van der Waals surface area (Å²) in [6.07, 6.45) is 0. The SMILES string of the molecule is COc1ccc(PC(=O)c2c(Cl)cccc2OC)cc1.[LiH]. The second-order valence-electron chi connectivity index (χ2n) is 4.00. The van der Waals surface area contributed by atoms with E-state index in [1.54, 1.807) is 25.3 Å². The molecule has 2 rings (SSSR count).